The minimum Gasteiger partial charge on any atom is -0.354 e. The fourth-order valence-electron chi connectivity index (χ4n) is 3.94. The van der Waals surface area contributed by atoms with Crippen molar-refractivity contribution in [3.05, 3.63) is 71.3 Å². The zero-order chi connectivity index (χ0) is 23.8. The van der Waals surface area contributed by atoms with Gasteiger partial charge in [0, 0.05) is 26.1 Å². The summed E-state index contributed by atoms with van der Waals surface area (Å²) < 4.78 is 0. The molecule has 1 heterocycles. The van der Waals surface area contributed by atoms with Crippen LogP contribution in [0.15, 0.2) is 54.6 Å². The van der Waals surface area contributed by atoms with Crippen molar-refractivity contribution >= 4 is 23.6 Å². The van der Waals surface area contributed by atoms with E-state index in [1.165, 1.54) is 4.90 Å². The van der Waals surface area contributed by atoms with Crippen molar-refractivity contribution in [2.45, 2.75) is 45.6 Å². The lowest BCUT2D eigenvalue weighted by atomic mass is 10.1. The van der Waals surface area contributed by atoms with E-state index >= 15 is 0 Å². The molecule has 0 aliphatic carbocycles. The Bertz CT molecular complexity index is 971. The average molecular weight is 450 g/mol. The van der Waals surface area contributed by atoms with Crippen LogP contribution in [0.5, 0.6) is 0 Å². The molecule has 7 heteroatoms. The SMILES string of the molecule is CCCNC(=O)C(C)N(CCc1ccccc1)C(=O)CCCN1C(=O)c2ccccc2C1=O. The summed E-state index contributed by atoms with van der Waals surface area (Å²) in [4.78, 5) is 53.5. The number of fused-ring (bicyclic) bond motifs is 1. The highest BCUT2D eigenvalue weighted by molar-refractivity contribution is 6.21. The lowest BCUT2D eigenvalue weighted by Crippen LogP contribution is -2.49. The fraction of sp³-hybridized carbons (Fsp3) is 0.385. The van der Waals surface area contributed by atoms with Gasteiger partial charge in [0.15, 0.2) is 0 Å². The van der Waals surface area contributed by atoms with Gasteiger partial charge in [0.1, 0.15) is 6.04 Å². The predicted molar refractivity (Wildman–Crippen MR) is 126 cm³/mol. The van der Waals surface area contributed by atoms with Gasteiger partial charge in [-0.1, -0.05) is 49.4 Å². The topological polar surface area (TPSA) is 86.8 Å². The van der Waals surface area contributed by atoms with Gasteiger partial charge in [-0.15, -0.1) is 0 Å². The molecule has 7 nitrogen and oxygen atoms in total. The number of nitrogens with one attached hydrogen (secondary N) is 1. The number of carbonyl (C=O) groups is 4. The Morgan fingerprint density at radius 2 is 1.58 bits per heavy atom. The number of carbonyl (C=O) groups excluding carboxylic acids is 4. The van der Waals surface area contributed by atoms with Crippen LogP contribution in [0.3, 0.4) is 0 Å². The molecule has 0 fully saturated rings. The Kier molecular flexibility index (Phi) is 8.35. The van der Waals surface area contributed by atoms with E-state index in [-0.39, 0.29) is 36.6 Å². The van der Waals surface area contributed by atoms with Crippen LogP contribution in [0.4, 0.5) is 0 Å². The van der Waals surface area contributed by atoms with Crippen molar-refractivity contribution in [1.29, 1.82) is 0 Å². The molecule has 4 amide bonds. The maximum absolute atomic E-state index is 13.1. The lowest BCUT2D eigenvalue weighted by molar-refractivity contribution is -0.140. The molecule has 1 atom stereocenters. The fourth-order valence-corrected chi connectivity index (χ4v) is 3.94. The zero-order valence-electron chi connectivity index (χ0n) is 19.3. The summed E-state index contributed by atoms with van der Waals surface area (Å²) in [6.07, 6.45) is 1.94. The standard InChI is InChI=1S/C26H31N3O4/c1-3-16-27-24(31)19(2)28(18-15-20-10-5-4-6-11-20)23(30)14-9-17-29-25(32)21-12-7-8-13-22(21)26(29)33/h4-8,10-13,19H,3,9,14-18H2,1-2H3,(H,27,31). The van der Waals surface area contributed by atoms with E-state index in [0.29, 0.717) is 37.1 Å². The van der Waals surface area contributed by atoms with Crippen molar-refractivity contribution in [1.82, 2.24) is 15.1 Å². The van der Waals surface area contributed by atoms with Crippen molar-refractivity contribution in [2.75, 3.05) is 19.6 Å². The first-order chi connectivity index (χ1) is 15.9. The maximum atomic E-state index is 13.1. The Labute approximate surface area is 194 Å². The van der Waals surface area contributed by atoms with Gasteiger partial charge in [-0.3, -0.25) is 24.1 Å². The molecular weight excluding hydrogens is 418 g/mol. The second-order valence-electron chi connectivity index (χ2n) is 8.20. The van der Waals surface area contributed by atoms with Crippen molar-refractivity contribution in [3.63, 3.8) is 0 Å². The van der Waals surface area contributed by atoms with Crippen molar-refractivity contribution < 1.29 is 19.2 Å². The summed E-state index contributed by atoms with van der Waals surface area (Å²) in [5.41, 5.74) is 1.89. The van der Waals surface area contributed by atoms with Gasteiger partial charge in [0.05, 0.1) is 11.1 Å². The third-order valence-corrected chi connectivity index (χ3v) is 5.85. The predicted octanol–water partition coefficient (Wildman–Crippen LogP) is 3.05. The Morgan fingerprint density at radius 3 is 2.18 bits per heavy atom. The van der Waals surface area contributed by atoms with Crippen LogP contribution >= 0.6 is 0 Å². The van der Waals surface area contributed by atoms with E-state index < -0.39 is 6.04 Å². The van der Waals surface area contributed by atoms with Crippen LogP contribution in [0.25, 0.3) is 0 Å². The minimum atomic E-state index is -0.605. The summed E-state index contributed by atoms with van der Waals surface area (Å²) in [5, 5.41) is 2.86. The largest absolute Gasteiger partial charge is 0.354 e. The van der Waals surface area contributed by atoms with E-state index in [1.807, 2.05) is 37.3 Å². The van der Waals surface area contributed by atoms with Crippen molar-refractivity contribution in [3.8, 4) is 0 Å². The number of hydrogen-bond acceptors (Lipinski definition) is 4. The highest BCUT2D eigenvalue weighted by Gasteiger charge is 2.35. The molecule has 1 unspecified atom stereocenters. The molecule has 2 aromatic carbocycles. The summed E-state index contributed by atoms with van der Waals surface area (Å²) in [6.45, 7) is 4.85. The van der Waals surface area contributed by atoms with E-state index in [9.17, 15) is 19.2 Å². The molecule has 33 heavy (non-hydrogen) atoms. The number of hydrogen-bond donors (Lipinski definition) is 1. The lowest BCUT2D eigenvalue weighted by Gasteiger charge is -2.29. The first-order valence-corrected chi connectivity index (χ1v) is 11.5. The van der Waals surface area contributed by atoms with Gasteiger partial charge in [-0.05, 0) is 43.9 Å². The van der Waals surface area contributed by atoms with Crippen LogP contribution in [0, 0.1) is 0 Å². The molecule has 3 rings (SSSR count). The maximum Gasteiger partial charge on any atom is 0.261 e. The van der Waals surface area contributed by atoms with Crippen LogP contribution in [-0.2, 0) is 16.0 Å². The molecule has 1 aliphatic rings. The number of rotatable bonds is 11. The Hall–Kier alpha value is -3.48. The zero-order valence-corrected chi connectivity index (χ0v) is 19.3. The van der Waals surface area contributed by atoms with Crippen LogP contribution in [-0.4, -0.2) is 59.1 Å². The molecule has 1 N–H and O–H groups in total. The highest BCUT2D eigenvalue weighted by Crippen LogP contribution is 2.22. The smallest absolute Gasteiger partial charge is 0.261 e. The third kappa shape index (κ3) is 5.86. The van der Waals surface area contributed by atoms with Gasteiger partial charge in [-0.2, -0.15) is 0 Å². The summed E-state index contributed by atoms with van der Waals surface area (Å²) in [5.74, 6) is -0.993. The molecule has 0 spiro atoms. The molecule has 0 radical (unpaired) electrons. The summed E-state index contributed by atoms with van der Waals surface area (Å²) in [7, 11) is 0. The molecule has 0 bridgehead atoms. The van der Waals surface area contributed by atoms with E-state index in [0.717, 1.165) is 12.0 Å². The van der Waals surface area contributed by atoms with E-state index in [2.05, 4.69) is 5.32 Å². The number of amides is 4. The summed E-state index contributed by atoms with van der Waals surface area (Å²) in [6, 6.07) is 15.9. The van der Waals surface area contributed by atoms with Crippen molar-refractivity contribution in [2.24, 2.45) is 0 Å². The number of nitrogens with zero attached hydrogens (tertiary/aromatic N) is 2. The average Bonchev–Trinajstić information content (AvgIpc) is 3.08. The quantitative estimate of drug-likeness (QED) is 0.534. The number of benzene rings is 2. The molecule has 174 valence electrons. The van der Waals surface area contributed by atoms with Crippen LogP contribution in [0.1, 0.15) is 59.4 Å². The second-order valence-corrected chi connectivity index (χ2v) is 8.20. The molecule has 0 saturated carbocycles. The molecule has 1 aliphatic heterocycles. The number of imide groups is 1. The minimum absolute atomic E-state index is 0.146. The Morgan fingerprint density at radius 1 is 0.970 bits per heavy atom. The van der Waals surface area contributed by atoms with Crippen LogP contribution in [0.2, 0.25) is 0 Å². The van der Waals surface area contributed by atoms with Gasteiger partial charge >= 0.3 is 0 Å². The second kappa shape index (κ2) is 11.4. The molecule has 2 aromatic rings. The van der Waals surface area contributed by atoms with Gasteiger partial charge < -0.3 is 10.2 Å². The third-order valence-electron chi connectivity index (χ3n) is 5.85. The van der Waals surface area contributed by atoms with Gasteiger partial charge in [-0.25, -0.2) is 0 Å². The summed E-state index contributed by atoms with van der Waals surface area (Å²) >= 11 is 0. The molecule has 0 saturated heterocycles. The van der Waals surface area contributed by atoms with Gasteiger partial charge in [0.25, 0.3) is 11.8 Å². The Balaban J connectivity index is 1.61. The highest BCUT2D eigenvalue weighted by atomic mass is 16.2. The first kappa shape index (κ1) is 24.2. The van der Waals surface area contributed by atoms with E-state index in [1.54, 1.807) is 36.1 Å². The molecule has 0 aromatic heterocycles. The first-order valence-electron chi connectivity index (χ1n) is 11.5. The van der Waals surface area contributed by atoms with Crippen LogP contribution < -0.4 is 5.32 Å². The molecular formula is C26H31N3O4. The van der Waals surface area contributed by atoms with E-state index in [4.69, 9.17) is 0 Å². The van der Waals surface area contributed by atoms with Gasteiger partial charge in [0.2, 0.25) is 11.8 Å². The normalized spacial score (nSPS) is 13.6. The monoisotopic (exact) mass is 449 g/mol.